The average Bonchev–Trinajstić information content (AvgIpc) is 2.91. The van der Waals surface area contributed by atoms with Crippen molar-refractivity contribution in [1.29, 1.82) is 0 Å². The molecule has 3 aromatic carbocycles. The van der Waals surface area contributed by atoms with E-state index in [4.69, 9.17) is 27.9 Å². The molecule has 2 atom stereocenters. The molecule has 3 aromatic rings. The Morgan fingerprint density at radius 1 is 1.00 bits per heavy atom. The van der Waals surface area contributed by atoms with E-state index in [1.54, 1.807) is 29.2 Å². The van der Waals surface area contributed by atoms with Crippen LogP contribution in [-0.4, -0.2) is 61.8 Å². The average molecular weight is 623 g/mol. The van der Waals surface area contributed by atoms with Crippen molar-refractivity contribution < 1.29 is 27.1 Å². The number of carbonyl (C=O) groups excluding carboxylic acids is 2. The molecule has 1 fully saturated rings. The molecule has 0 spiro atoms. The molecule has 8 nitrogen and oxygen atoms in total. The number of rotatable bonds is 9. The van der Waals surface area contributed by atoms with Gasteiger partial charge in [-0.05, 0) is 61.9 Å². The van der Waals surface area contributed by atoms with Crippen molar-refractivity contribution in [2.75, 3.05) is 19.7 Å². The molecule has 2 amide bonds. The number of amides is 2. The van der Waals surface area contributed by atoms with Crippen LogP contribution in [0.3, 0.4) is 0 Å². The number of halogens is 3. The van der Waals surface area contributed by atoms with Crippen molar-refractivity contribution in [2.45, 2.75) is 43.8 Å². The maximum Gasteiger partial charge on any atom is 0.265 e. The monoisotopic (exact) mass is 621 g/mol. The van der Waals surface area contributed by atoms with Gasteiger partial charge in [0, 0.05) is 42.3 Å². The van der Waals surface area contributed by atoms with E-state index >= 15 is 0 Å². The highest BCUT2D eigenvalue weighted by molar-refractivity contribution is 7.90. The maximum atomic E-state index is 13.3. The van der Waals surface area contributed by atoms with E-state index in [0.29, 0.717) is 30.2 Å². The molecular formula is C29H30Cl2FN3O5S. The van der Waals surface area contributed by atoms with Crippen LogP contribution < -0.4 is 9.46 Å². The summed E-state index contributed by atoms with van der Waals surface area (Å²) in [5, 5.41) is 0.304. The lowest BCUT2D eigenvalue weighted by atomic mass is 10.1. The second-order valence-corrected chi connectivity index (χ2v) is 12.5. The standard InChI is InChI=1S/C29H30Cl2FN3O5S/c1-19-16-35(20(2)15-34(19)17-21-7-10-24(32)11-8-21)29(37)18-40-26-12-9-23(30)13-22(26)14-28(36)33-41(38,39)27-6-4-3-5-25(27)31/h3-13,19-20H,14-18H2,1-2H3,(H,33,36). The van der Waals surface area contributed by atoms with Gasteiger partial charge in [-0.3, -0.25) is 14.5 Å². The molecule has 1 heterocycles. The summed E-state index contributed by atoms with van der Waals surface area (Å²) in [6, 6.07) is 16.7. The molecule has 12 heteroatoms. The van der Waals surface area contributed by atoms with Crippen LogP contribution in [0.15, 0.2) is 71.6 Å². The lowest BCUT2D eigenvalue weighted by Crippen LogP contribution is -2.58. The number of carbonyl (C=O) groups is 2. The Hall–Kier alpha value is -3.18. The highest BCUT2D eigenvalue weighted by atomic mass is 35.5. The van der Waals surface area contributed by atoms with E-state index in [2.05, 4.69) is 4.90 Å². The summed E-state index contributed by atoms with van der Waals surface area (Å²) in [5.74, 6) is -1.08. The molecule has 0 aromatic heterocycles. The lowest BCUT2D eigenvalue weighted by Gasteiger charge is -2.44. The molecule has 1 aliphatic rings. The van der Waals surface area contributed by atoms with E-state index in [0.717, 1.165) is 5.56 Å². The quantitative estimate of drug-likeness (QED) is 0.373. The zero-order chi connectivity index (χ0) is 29.7. The number of hydrogen-bond donors (Lipinski definition) is 1. The van der Waals surface area contributed by atoms with Gasteiger partial charge < -0.3 is 9.64 Å². The molecule has 0 radical (unpaired) electrons. The largest absolute Gasteiger partial charge is 0.483 e. The lowest BCUT2D eigenvalue weighted by molar-refractivity contribution is -0.139. The minimum atomic E-state index is -4.20. The van der Waals surface area contributed by atoms with E-state index in [1.807, 2.05) is 18.6 Å². The predicted molar refractivity (Wildman–Crippen MR) is 155 cm³/mol. The van der Waals surface area contributed by atoms with Gasteiger partial charge in [0.05, 0.1) is 11.4 Å². The van der Waals surface area contributed by atoms with Gasteiger partial charge in [0.1, 0.15) is 16.5 Å². The number of ether oxygens (including phenoxy) is 1. The molecule has 4 rings (SSSR count). The van der Waals surface area contributed by atoms with Gasteiger partial charge >= 0.3 is 0 Å². The van der Waals surface area contributed by atoms with Gasteiger partial charge in [0.25, 0.3) is 15.9 Å². The summed E-state index contributed by atoms with van der Waals surface area (Å²) in [7, 11) is -4.20. The summed E-state index contributed by atoms with van der Waals surface area (Å²) in [6.45, 7) is 5.48. The molecule has 1 aliphatic heterocycles. The summed E-state index contributed by atoms with van der Waals surface area (Å²) in [5.41, 5.74) is 1.32. The fourth-order valence-electron chi connectivity index (χ4n) is 4.72. The second kappa shape index (κ2) is 13.2. The maximum absolute atomic E-state index is 13.3. The third-order valence-corrected chi connectivity index (χ3v) is 8.94. The van der Waals surface area contributed by atoms with Gasteiger partial charge in [-0.2, -0.15) is 0 Å². The van der Waals surface area contributed by atoms with Gasteiger partial charge in [0.15, 0.2) is 6.61 Å². The smallest absolute Gasteiger partial charge is 0.265 e. The number of sulfonamides is 1. The Kier molecular flexibility index (Phi) is 9.91. The second-order valence-electron chi connectivity index (χ2n) is 9.98. The molecule has 1 N–H and O–H groups in total. The number of piperazine rings is 1. The molecule has 2 unspecified atom stereocenters. The van der Waals surface area contributed by atoms with Crippen LogP contribution in [0.2, 0.25) is 10.0 Å². The summed E-state index contributed by atoms with van der Waals surface area (Å²) in [6.07, 6.45) is -0.358. The Balaban J connectivity index is 1.37. The molecular weight excluding hydrogens is 592 g/mol. The van der Waals surface area contributed by atoms with Crippen LogP contribution in [0.1, 0.15) is 25.0 Å². The summed E-state index contributed by atoms with van der Waals surface area (Å²) < 4.78 is 46.4. The Labute approximate surface area is 249 Å². The zero-order valence-electron chi connectivity index (χ0n) is 22.5. The molecule has 218 valence electrons. The van der Waals surface area contributed by atoms with Crippen LogP contribution in [0, 0.1) is 5.82 Å². The van der Waals surface area contributed by atoms with Gasteiger partial charge in [-0.1, -0.05) is 47.5 Å². The minimum Gasteiger partial charge on any atom is -0.483 e. The van der Waals surface area contributed by atoms with Gasteiger partial charge in [-0.15, -0.1) is 0 Å². The first-order chi connectivity index (χ1) is 19.4. The van der Waals surface area contributed by atoms with Gasteiger partial charge in [-0.25, -0.2) is 17.5 Å². The normalized spacial score (nSPS) is 17.7. The SMILES string of the molecule is CC1CN(C(=O)COc2ccc(Cl)cc2CC(=O)NS(=O)(=O)c2ccccc2Cl)C(C)CN1Cc1ccc(F)cc1. The zero-order valence-corrected chi connectivity index (χ0v) is 24.8. The van der Waals surface area contributed by atoms with Crippen LogP contribution in [0.25, 0.3) is 0 Å². The molecule has 0 aliphatic carbocycles. The number of nitrogens with zero attached hydrogens (tertiary/aromatic N) is 2. The molecule has 1 saturated heterocycles. The first-order valence-electron chi connectivity index (χ1n) is 12.9. The van der Waals surface area contributed by atoms with E-state index < -0.39 is 15.9 Å². The van der Waals surface area contributed by atoms with E-state index in [1.165, 1.54) is 42.5 Å². The van der Waals surface area contributed by atoms with Crippen molar-refractivity contribution in [3.8, 4) is 5.75 Å². The van der Waals surface area contributed by atoms with Crippen LogP contribution in [0.4, 0.5) is 4.39 Å². The highest BCUT2D eigenvalue weighted by Crippen LogP contribution is 2.25. The molecule has 41 heavy (non-hydrogen) atoms. The van der Waals surface area contributed by atoms with Crippen molar-refractivity contribution in [3.05, 3.63) is 93.7 Å². The minimum absolute atomic E-state index is 0.0158. The van der Waals surface area contributed by atoms with E-state index in [-0.39, 0.29) is 52.5 Å². The first-order valence-corrected chi connectivity index (χ1v) is 15.2. The topological polar surface area (TPSA) is 96.0 Å². The van der Waals surface area contributed by atoms with Crippen molar-refractivity contribution in [3.63, 3.8) is 0 Å². The third kappa shape index (κ3) is 7.97. The highest BCUT2D eigenvalue weighted by Gasteiger charge is 2.32. The van der Waals surface area contributed by atoms with Crippen LogP contribution >= 0.6 is 23.2 Å². The Bertz CT molecular complexity index is 1520. The van der Waals surface area contributed by atoms with Crippen LogP contribution in [0.5, 0.6) is 5.75 Å². The van der Waals surface area contributed by atoms with Crippen molar-refractivity contribution >= 4 is 45.0 Å². The first kappa shape index (κ1) is 30.8. The molecule has 0 bridgehead atoms. The van der Waals surface area contributed by atoms with Gasteiger partial charge in [0.2, 0.25) is 5.91 Å². The Morgan fingerprint density at radius 3 is 2.41 bits per heavy atom. The molecule has 0 saturated carbocycles. The third-order valence-electron chi connectivity index (χ3n) is 6.83. The van der Waals surface area contributed by atoms with Crippen molar-refractivity contribution in [2.24, 2.45) is 0 Å². The van der Waals surface area contributed by atoms with Crippen LogP contribution in [-0.2, 0) is 32.6 Å². The number of nitrogens with one attached hydrogen (secondary N) is 1. The fraction of sp³-hybridized carbons (Fsp3) is 0.310. The Morgan fingerprint density at radius 2 is 1.71 bits per heavy atom. The number of benzene rings is 3. The summed E-state index contributed by atoms with van der Waals surface area (Å²) in [4.78, 5) is 29.6. The van der Waals surface area contributed by atoms with Crippen molar-refractivity contribution in [1.82, 2.24) is 14.5 Å². The number of hydrogen-bond acceptors (Lipinski definition) is 6. The fourth-order valence-corrected chi connectivity index (χ4v) is 6.42. The van der Waals surface area contributed by atoms with E-state index in [9.17, 15) is 22.4 Å². The summed E-state index contributed by atoms with van der Waals surface area (Å²) >= 11 is 12.1. The predicted octanol–water partition coefficient (Wildman–Crippen LogP) is 4.68.